The Morgan fingerprint density at radius 3 is 2.45 bits per heavy atom. The molecule has 0 aliphatic carbocycles. The summed E-state index contributed by atoms with van der Waals surface area (Å²) in [5.74, 6) is 0.643. The van der Waals surface area contributed by atoms with Gasteiger partial charge in [-0.1, -0.05) is 0 Å². The Balaban J connectivity index is 2.66. The van der Waals surface area contributed by atoms with Gasteiger partial charge in [-0.15, -0.1) is 0 Å². The fraction of sp³-hybridized carbons (Fsp3) is 0.538. The van der Waals surface area contributed by atoms with Crippen LogP contribution in [-0.2, 0) is 14.8 Å². The maximum absolute atomic E-state index is 12.1. The normalized spacial score (nSPS) is 13.2. The van der Waals surface area contributed by atoms with Crippen molar-refractivity contribution in [1.82, 2.24) is 10.0 Å². The summed E-state index contributed by atoms with van der Waals surface area (Å²) in [7, 11) is -0.153. The molecule has 7 heteroatoms. The van der Waals surface area contributed by atoms with E-state index in [2.05, 4.69) is 10.0 Å². The number of hydrogen-bond acceptors (Lipinski definition) is 5. The van der Waals surface area contributed by atoms with E-state index in [9.17, 15) is 8.42 Å². The zero-order valence-corrected chi connectivity index (χ0v) is 12.9. The molecule has 20 heavy (non-hydrogen) atoms. The summed E-state index contributed by atoms with van der Waals surface area (Å²) >= 11 is 0. The number of hydrogen-bond donors (Lipinski definition) is 2. The summed E-state index contributed by atoms with van der Waals surface area (Å²) in [5.41, 5.74) is 0. The molecule has 1 unspecified atom stereocenters. The Morgan fingerprint density at radius 1 is 1.25 bits per heavy atom. The molecule has 1 atom stereocenters. The summed E-state index contributed by atoms with van der Waals surface area (Å²) in [4.78, 5) is 0.210. The SMILES string of the molecule is CNCCOc1ccc(S(=O)(=O)NC(C)COC)cc1. The Bertz CT molecular complexity index is 488. The van der Waals surface area contributed by atoms with Crippen LogP contribution in [0.3, 0.4) is 0 Å². The van der Waals surface area contributed by atoms with E-state index in [0.717, 1.165) is 6.54 Å². The van der Waals surface area contributed by atoms with Gasteiger partial charge in [0.25, 0.3) is 0 Å². The molecule has 0 saturated carbocycles. The van der Waals surface area contributed by atoms with Gasteiger partial charge >= 0.3 is 0 Å². The minimum atomic E-state index is -3.52. The van der Waals surface area contributed by atoms with Crippen molar-refractivity contribution >= 4 is 10.0 Å². The standard InChI is InChI=1S/C13H22N2O4S/c1-11(10-18-3)15-20(16,17)13-6-4-12(5-7-13)19-9-8-14-2/h4-7,11,14-15H,8-10H2,1-3H3. The fourth-order valence-electron chi connectivity index (χ4n) is 1.60. The second kappa shape index (κ2) is 8.21. The van der Waals surface area contributed by atoms with Crippen molar-refractivity contribution in [3.05, 3.63) is 24.3 Å². The van der Waals surface area contributed by atoms with E-state index in [0.29, 0.717) is 19.0 Å². The van der Waals surface area contributed by atoms with Gasteiger partial charge in [-0.25, -0.2) is 13.1 Å². The number of rotatable bonds is 9. The van der Waals surface area contributed by atoms with Crippen LogP contribution in [0.4, 0.5) is 0 Å². The highest BCUT2D eigenvalue weighted by Crippen LogP contribution is 2.16. The smallest absolute Gasteiger partial charge is 0.240 e. The van der Waals surface area contributed by atoms with Crippen molar-refractivity contribution < 1.29 is 17.9 Å². The second-order valence-electron chi connectivity index (χ2n) is 4.40. The molecule has 0 aliphatic rings. The number of nitrogens with one attached hydrogen (secondary N) is 2. The van der Waals surface area contributed by atoms with Crippen molar-refractivity contribution in [2.45, 2.75) is 17.9 Å². The number of ether oxygens (including phenoxy) is 2. The van der Waals surface area contributed by atoms with Crippen LogP contribution in [-0.4, -0.2) is 48.4 Å². The molecule has 114 valence electrons. The molecule has 1 rings (SSSR count). The van der Waals surface area contributed by atoms with Crippen LogP contribution in [0.5, 0.6) is 5.75 Å². The first-order chi connectivity index (χ1) is 9.49. The van der Waals surface area contributed by atoms with Gasteiger partial charge in [0.05, 0.1) is 11.5 Å². The van der Waals surface area contributed by atoms with Crippen molar-refractivity contribution in [3.8, 4) is 5.75 Å². The summed E-state index contributed by atoms with van der Waals surface area (Å²) in [6.07, 6.45) is 0. The maximum Gasteiger partial charge on any atom is 0.240 e. The van der Waals surface area contributed by atoms with Gasteiger partial charge in [0.2, 0.25) is 10.0 Å². The van der Waals surface area contributed by atoms with Crippen LogP contribution in [0.2, 0.25) is 0 Å². The van der Waals surface area contributed by atoms with Gasteiger partial charge in [-0.2, -0.15) is 0 Å². The van der Waals surface area contributed by atoms with E-state index >= 15 is 0 Å². The topological polar surface area (TPSA) is 76.7 Å². The van der Waals surface area contributed by atoms with Gasteiger partial charge in [-0.05, 0) is 38.2 Å². The molecule has 0 heterocycles. The summed E-state index contributed by atoms with van der Waals surface area (Å²) < 4.78 is 37.0. The number of sulfonamides is 1. The van der Waals surface area contributed by atoms with Gasteiger partial charge in [0, 0.05) is 19.7 Å². The van der Waals surface area contributed by atoms with E-state index in [1.165, 1.54) is 19.2 Å². The van der Waals surface area contributed by atoms with E-state index in [1.54, 1.807) is 19.1 Å². The Kier molecular flexibility index (Phi) is 6.94. The Labute approximate surface area is 120 Å². The minimum Gasteiger partial charge on any atom is -0.492 e. The minimum absolute atomic E-state index is 0.210. The first kappa shape index (κ1) is 16.9. The fourth-order valence-corrected chi connectivity index (χ4v) is 2.83. The number of benzene rings is 1. The first-order valence-electron chi connectivity index (χ1n) is 6.38. The average molecular weight is 302 g/mol. The van der Waals surface area contributed by atoms with Crippen LogP contribution >= 0.6 is 0 Å². The quantitative estimate of drug-likeness (QED) is 0.653. The second-order valence-corrected chi connectivity index (χ2v) is 6.12. The molecule has 2 N–H and O–H groups in total. The van der Waals surface area contributed by atoms with E-state index in [-0.39, 0.29) is 10.9 Å². The number of methoxy groups -OCH3 is 1. The molecule has 0 radical (unpaired) electrons. The van der Waals surface area contributed by atoms with Gasteiger partial charge in [-0.3, -0.25) is 0 Å². The molecule has 0 aromatic heterocycles. The van der Waals surface area contributed by atoms with E-state index in [4.69, 9.17) is 9.47 Å². The largest absolute Gasteiger partial charge is 0.492 e. The summed E-state index contributed by atoms with van der Waals surface area (Å²) in [5, 5.41) is 2.96. The zero-order valence-electron chi connectivity index (χ0n) is 12.0. The third-order valence-corrected chi connectivity index (χ3v) is 4.13. The van der Waals surface area contributed by atoms with Crippen molar-refractivity contribution in [3.63, 3.8) is 0 Å². The monoisotopic (exact) mass is 302 g/mol. The van der Waals surface area contributed by atoms with Crippen LogP contribution in [0.25, 0.3) is 0 Å². The highest BCUT2D eigenvalue weighted by Gasteiger charge is 2.17. The molecule has 0 aliphatic heterocycles. The molecule has 0 spiro atoms. The lowest BCUT2D eigenvalue weighted by Gasteiger charge is -2.13. The summed E-state index contributed by atoms with van der Waals surface area (Å²) in [6, 6.07) is 6.06. The molecule has 0 bridgehead atoms. The lowest BCUT2D eigenvalue weighted by Crippen LogP contribution is -2.35. The van der Waals surface area contributed by atoms with Crippen molar-refractivity contribution in [2.24, 2.45) is 0 Å². The predicted octanol–water partition coefficient (Wildman–Crippen LogP) is 0.598. The average Bonchev–Trinajstić information content (AvgIpc) is 2.39. The predicted molar refractivity (Wildman–Crippen MR) is 77.5 cm³/mol. The third-order valence-electron chi connectivity index (χ3n) is 2.53. The molecule has 0 fully saturated rings. The van der Waals surface area contributed by atoms with Gasteiger partial charge < -0.3 is 14.8 Å². The maximum atomic E-state index is 12.1. The molecular weight excluding hydrogens is 280 g/mol. The van der Waals surface area contributed by atoms with Crippen LogP contribution in [0.15, 0.2) is 29.2 Å². The molecule has 1 aromatic rings. The van der Waals surface area contributed by atoms with Crippen LogP contribution in [0.1, 0.15) is 6.92 Å². The lowest BCUT2D eigenvalue weighted by molar-refractivity contribution is 0.180. The van der Waals surface area contributed by atoms with Crippen LogP contribution < -0.4 is 14.8 Å². The molecule has 0 amide bonds. The molecule has 1 aromatic carbocycles. The van der Waals surface area contributed by atoms with Gasteiger partial charge in [0.15, 0.2) is 0 Å². The van der Waals surface area contributed by atoms with Crippen molar-refractivity contribution in [2.75, 3.05) is 33.9 Å². The molecule has 6 nitrogen and oxygen atoms in total. The van der Waals surface area contributed by atoms with Gasteiger partial charge in [0.1, 0.15) is 12.4 Å². The summed E-state index contributed by atoms with van der Waals surface area (Å²) in [6.45, 7) is 3.34. The lowest BCUT2D eigenvalue weighted by atomic mass is 10.3. The van der Waals surface area contributed by atoms with Crippen LogP contribution in [0, 0.1) is 0 Å². The third kappa shape index (κ3) is 5.46. The number of likely N-dealkylation sites (N-methyl/N-ethyl adjacent to an activating group) is 1. The van der Waals surface area contributed by atoms with Crippen molar-refractivity contribution in [1.29, 1.82) is 0 Å². The highest BCUT2D eigenvalue weighted by atomic mass is 32.2. The molecular formula is C13H22N2O4S. The highest BCUT2D eigenvalue weighted by molar-refractivity contribution is 7.89. The van der Waals surface area contributed by atoms with E-state index < -0.39 is 10.0 Å². The Hall–Kier alpha value is -1.15. The molecule has 0 saturated heterocycles. The zero-order chi connectivity index (χ0) is 15.0. The Morgan fingerprint density at radius 2 is 1.90 bits per heavy atom. The first-order valence-corrected chi connectivity index (χ1v) is 7.86. The van der Waals surface area contributed by atoms with E-state index in [1.807, 2.05) is 7.05 Å².